The van der Waals surface area contributed by atoms with E-state index in [4.69, 9.17) is 10.00 Å². The van der Waals surface area contributed by atoms with E-state index in [1.54, 1.807) is 0 Å². The van der Waals surface area contributed by atoms with E-state index >= 15 is 0 Å². The van der Waals surface area contributed by atoms with Crippen LogP contribution >= 0.6 is 11.3 Å². The van der Waals surface area contributed by atoms with Gasteiger partial charge in [0, 0.05) is 23.5 Å². The summed E-state index contributed by atoms with van der Waals surface area (Å²) in [5, 5.41) is 15.3. The van der Waals surface area contributed by atoms with Crippen LogP contribution in [0, 0.1) is 17.2 Å². The van der Waals surface area contributed by atoms with Crippen molar-refractivity contribution < 1.29 is 9.53 Å². The number of rotatable bonds is 7. The summed E-state index contributed by atoms with van der Waals surface area (Å²) in [6, 6.07) is 5.96. The molecule has 134 valence electrons. The highest BCUT2D eigenvalue weighted by atomic mass is 32.1. The lowest BCUT2D eigenvalue weighted by Crippen LogP contribution is -2.52. The molecule has 0 aromatic carbocycles. The van der Waals surface area contributed by atoms with Gasteiger partial charge in [0.25, 0.3) is 0 Å². The van der Waals surface area contributed by atoms with Crippen molar-refractivity contribution in [3.05, 3.63) is 21.9 Å². The van der Waals surface area contributed by atoms with Gasteiger partial charge in [-0.1, -0.05) is 13.8 Å². The first-order chi connectivity index (χ1) is 11.0. The number of alkyl carbamates (subject to hydrolysis) is 1. The lowest BCUT2D eigenvalue weighted by molar-refractivity contribution is 0.0507. The molecule has 2 N–H and O–H groups in total. The normalized spacial score (nSPS) is 14.1. The van der Waals surface area contributed by atoms with E-state index in [-0.39, 0.29) is 5.54 Å². The monoisotopic (exact) mass is 351 g/mol. The highest BCUT2D eigenvalue weighted by molar-refractivity contribution is 7.12. The highest BCUT2D eigenvalue weighted by Gasteiger charge is 2.27. The van der Waals surface area contributed by atoms with Crippen LogP contribution in [0.5, 0.6) is 0 Å². The molecule has 1 rings (SSSR count). The summed E-state index contributed by atoms with van der Waals surface area (Å²) in [4.78, 5) is 13.7. The zero-order valence-corrected chi connectivity index (χ0v) is 16.3. The molecule has 24 heavy (non-hydrogen) atoms. The van der Waals surface area contributed by atoms with E-state index in [2.05, 4.69) is 37.5 Å². The van der Waals surface area contributed by atoms with Crippen LogP contribution in [0.1, 0.15) is 57.7 Å². The predicted octanol–water partition coefficient (Wildman–Crippen LogP) is 4.04. The van der Waals surface area contributed by atoms with E-state index in [0.29, 0.717) is 23.9 Å². The molecular weight excluding hydrogens is 322 g/mol. The second kappa shape index (κ2) is 8.50. The molecule has 0 spiro atoms. The van der Waals surface area contributed by atoms with E-state index < -0.39 is 11.7 Å². The first-order valence-electron chi connectivity index (χ1n) is 8.24. The lowest BCUT2D eigenvalue weighted by atomic mass is 9.90. The maximum Gasteiger partial charge on any atom is 0.407 e. The Bertz CT molecular complexity index is 584. The van der Waals surface area contributed by atoms with Gasteiger partial charge in [0.1, 0.15) is 16.5 Å². The summed E-state index contributed by atoms with van der Waals surface area (Å²) >= 11 is 1.49. The fourth-order valence-corrected chi connectivity index (χ4v) is 3.27. The third-order valence-corrected chi connectivity index (χ3v) is 4.33. The Hall–Kier alpha value is -1.58. The van der Waals surface area contributed by atoms with Crippen molar-refractivity contribution in [1.82, 2.24) is 10.6 Å². The molecule has 5 nitrogen and oxygen atoms in total. The maximum absolute atomic E-state index is 11.9. The third kappa shape index (κ3) is 7.80. The number of nitrogens with one attached hydrogen (secondary N) is 2. The number of carbonyl (C=O) groups excluding carboxylic acids is 1. The van der Waals surface area contributed by atoms with E-state index in [0.717, 1.165) is 11.3 Å². The first-order valence-corrected chi connectivity index (χ1v) is 9.05. The topological polar surface area (TPSA) is 74.2 Å². The largest absolute Gasteiger partial charge is 0.444 e. The Morgan fingerprint density at radius 1 is 1.33 bits per heavy atom. The SMILES string of the molecule is CC(C)CC(C)(CNC(=O)OC(C)(C)C)NCc1ccc(C#N)s1. The molecular formula is C18H29N3O2S. The summed E-state index contributed by atoms with van der Waals surface area (Å²) in [6.07, 6.45) is 0.515. The number of nitriles is 1. The number of hydrogen-bond donors (Lipinski definition) is 2. The summed E-state index contributed by atoms with van der Waals surface area (Å²) in [7, 11) is 0. The van der Waals surface area contributed by atoms with Crippen molar-refractivity contribution in [1.29, 1.82) is 5.26 Å². The van der Waals surface area contributed by atoms with Crippen molar-refractivity contribution in [3.63, 3.8) is 0 Å². The van der Waals surface area contributed by atoms with E-state index in [1.807, 2.05) is 32.9 Å². The molecule has 0 radical (unpaired) electrons. The molecule has 1 aromatic heterocycles. The molecule has 0 bridgehead atoms. The fourth-order valence-electron chi connectivity index (χ4n) is 2.52. The van der Waals surface area contributed by atoms with Crippen molar-refractivity contribution in [3.8, 4) is 6.07 Å². The number of nitrogens with zero attached hydrogens (tertiary/aromatic N) is 1. The lowest BCUT2D eigenvalue weighted by Gasteiger charge is -2.33. The molecule has 0 fully saturated rings. The van der Waals surface area contributed by atoms with Gasteiger partial charge in [-0.15, -0.1) is 11.3 Å². The number of ether oxygens (including phenoxy) is 1. The fraction of sp³-hybridized carbons (Fsp3) is 0.667. The molecule has 1 aromatic rings. The number of hydrogen-bond acceptors (Lipinski definition) is 5. The molecule has 1 amide bonds. The summed E-state index contributed by atoms with van der Waals surface area (Å²) in [6.45, 7) is 13.1. The van der Waals surface area contributed by atoms with Crippen molar-refractivity contribution in [2.75, 3.05) is 6.54 Å². The van der Waals surface area contributed by atoms with Crippen LogP contribution in [-0.2, 0) is 11.3 Å². The minimum Gasteiger partial charge on any atom is -0.444 e. The Labute approximate surface area is 149 Å². The summed E-state index contributed by atoms with van der Waals surface area (Å²) in [5.74, 6) is 0.487. The average molecular weight is 352 g/mol. The molecule has 0 aliphatic rings. The molecule has 0 aliphatic heterocycles. The smallest absolute Gasteiger partial charge is 0.407 e. The number of carbonyl (C=O) groups is 1. The van der Waals surface area contributed by atoms with Crippen LogP contribution in [0.25, 0.3) is 0 Å². The molecule has 0 saturated carbocycles. The Kier molecular flexibility index (Phi) is 7.25. The number of thiophene rings is 1. The van der Waals surface area contributed by atoms with E-state index in [1.165, 1.54) is 11.3 Å². The van der Waals surface area contributed by atoms with Crippen molar-refractivity contribution in [2.24, 2.45) is 5.92 Å². The quantitative estimate of drug-likeness (QED) is 0.777. The zero-order valence-electron chi connectivity index (χ0n) is 15.5. The molecule has 1 atom stereocenters. The number of amides is 1. The standard InChI is InChI=1S/C18H29N3O2S/c1-13(2)9-18(6,12-20-16(22)23-17(3,4)5)21-11-15-8-7-14(10-19)24-15/h7-8,13,21H,9,11-12H2,1-6H3,(H,20,22). The van der Waals surface area contributed by atoms with Crippen LogP contribution in [0.2, 0.25) is 0 Å². The molecule has 0 saturated heterocycles. The third-order valence-electron chi connectivity index (χ3n) is 3.34. The van der Waals surface area contributed by atoms with Crippen LogP contribution < -0.4 is 10.6 Å². The Morgan fingerprint density at radius 3 is 2.50 bits per heavy atom. The van der Waals surface area contributed by atoms with Crippen LogP contribution in [0.15, 0.2) is 12.1 Å². The van der Waals surface area contributed by atoms with Gasteiger partial charge in [-0.2, -0.15) is 5.26 Å². The average Bonchev–Trinajstić information content (AvgIpc) is 2.89. The maximum atomic E-state index is 11.9. The van der Waals surface area contributed by atoms with Crippen molar-refractivity contribution >= 4 is 17.4 Å². The Balaban J connectivity index is 2.64. The minimum atomic E-state index is -0.503. The molecule has 1 heterocycles. The molecule has 0 aliphatic carbocycles. The van der Waals surface area contributed by atoms with E-state index in [9.17, 15) is 4.79 Å². The van der Waals surface area contributed by atoms with Gasteiger partial charge in [-0.05, 0) is 52.2 Å². The van der Waals surface area contributed by atoms with Gasteiger partial charge in [0.15, 0.2) is 0 Å². The second-order valence-electron chi connectivity index (χ2n) is 7.75. The van der Waals surface area contributed by atoms with Crippen molar-refractivity contribution in [2.45, 2.75) is 65.6 Å². The second-order valence-corrected chi connectivity index (χ2v) is 8.91. The van der Waals surface area contributed by atoms with Gasteiger partial charge >= 0.3 is 6.09 Å². The molecule has 6 heteroatoms. The minimum absolute atomic E-state index is 0.248. The van der Waals surface area contributed by atoms with Gasteiger partial charge in [0.2, 0.25) is 0 Å². The van der Waals surface area contributed by atoms with Gasteiger partial charge in [-0.25, -0.2) is 4.79 Å². The Morgan fingerprint density at radius 2 is 2.00 bits per heavy atom. The highest BCUT2D eigenvalue weighted by Crippen LogP contribution is 2.20. The summed E-state index contributed by atoms with van der Waals surface area (Å²) < 4.78 is 5.31. The van der Waals surface area contributed by atoms with Crippen LogP contribution in [0.3, 0.4) is 0 Å². The summed E-state index contributed by atoms with van der Waals surface area (Å²) in [5.41, 5.74) is -0.751. The van der Waals surface area contributed by atoms with Crippen LogP contribution in [-0.4, -0.2) is 23.8 Å². The zero-order chi connectivity index (χ0) is 18.4. The first kappa shape index (κ1) is 20.5. The predicted molar refractivity (Wildman–Crippen MR) is 98.0 cm³/mol. The van der Waals surface area contributed by atoms with Gasteiger partial charge in [0.05, 0.1) is 0 Å². The van der Waals surface area contributed by atoms with Gasteiger partial charge in [-0.3, -0.25) is 0 Å². The van der Waals surface area contributed by atoms with Gasteiger partial charge < -0.3 is 15.4 Å². The molecule has 1 unspecified atom stereocenters. The van der Waals surface area contributed by atoms with Crippen LogP contribution in [0.4, 0.5) is 4.79 Å².